The van der Waals surface area contributed by atoms with Crippen LogP contribution in [0.25, 0.3) is 0 Å². The molecular weight excluding hydrogens is 316 g/mol. The molecule has 2 aliphatic rings. The molecule has 2 fully saturated rings. The molecule has 2 heterocycles. The van der Waals surface area contributed by atoms with Crippen molar-refractivity contribution in [3.63, 3.8) is 0 Å². The third-order valence-electron chi connectivity index (χ3n) is 4.56. The molecular formula is C16H24N2O4S. The summed E-state index contributed by atoms with van der Waals surface area (Å²) in [4.78, 5) is 0. The highest BCUT2D eigenvalue weighted by Gasteiger charge is 2.38. The van der Waals surface area contributed by atoms with Crippen molar-refractivity contribution in [3.8, 4) is 5.75 Å². The molecule has 0 N–H and O–H groups in total. The lowest BCUT2D eigenvalue weighted by Gasteiger charge is -2.33. The zero-order valence-electron chi connectivity index (χ0n) is 13.5. The molecule has 0 saturated carbocycles. The van der Waals surface area contributed by atoms with E-state index in [9.17, 15) is 8.42 Å². The van der Waals surface area contributed by atoms with Crippen LogP contribution in [0.5, 0.6) is 5.75 Å². The second kappa shape index (κ2) is 7.17. The first-order valence-electron chi connectivity index (χ1n) is 8.09. The van der Waals surface area contributed by atoms with E-state index < -0.39 is 10.2 Å². The predicted octanol–water partition coefficient (Wildman–Crippen LogP) is 1.28. The minimum atomic E-state index is -3.40. The molecule has 0 bridgehead atoms. The second-order valence-electron chi connectivity index (χ2n) is 5.94. The first-order valence-corrected chi connectivity index (χ1v) is 9.49. The maximum Gasteiger partial charge on any atom is 0.282 e. The average molecular weight is 340 g/mol. The van der Waals surface area contributed by atoms with Crippen LogP contribution in [0.3, 0.4) is 0 Å². The van der Waals surface area contributed by atoms with Crippen LogP contribution in [-0.4, -0.2) is 63.0 Å². The Kier molecular flexibility index (Phi) is 5.21. The Bertz CT molecular complexity index is 629. The maximum absolute atomic E-state index is 12.9. The largest absolute Gasteiger partial charge is 0.496 e. The summed E-state index contributed by atoms with van der Waals surface area (Å²) < 4.78 is 39.7. The van der Waals surface area contributed by atoms with Crippen LogP contribution >= 0.6 is 0 Å². The molecule has 2 aliphatic heterocycles. The summed E-state index contributed by atoms with van der Waals surface area (Å²) in [6.45, 7) is 2.44. The molecule has 128 valence electrons. The molecule has 0 amide bonds. The fraction of sp³-hybridized carbons (Fsp3) is 0.625. The fourth-order valence-electron chi connectivity index (χ4n) is 3.37. The number of ether oxygens (including phenoxy) is 2. The van der Waals surface area contributed by atoms with E-state index >= 15 is 0 Å². The van der Waals surface area contributed by atoms with Gasteiger partial charge in [0.25, 0.3) is 10.2 Å². The summed E-state index contributed by atoms with van der Waals surface area (Å²) in [6.07, 6.45) is 2.48. The minimum Gasteiger partial charge on any atom is -0.496 e. The molecule has 0 aromatic heterocycles. The van der Waals surface area contributed by atoms with Gasteiger partial charge in [-0.15, -0.1) is 0 Å². The summed E-state index contributed by atoms with van der Waals surface area (Å²) in [5, 5.41) is 0. The number of rotatable bonds is 5. The summed E-state index contributed by atoms with van der Waals surface area (Å²) >= 11 is 0. The van der Waals surface area contributed by atoms with Crippen molar-refractivity contribution in [1.82, 2.24) is 8.61 Å². The van der Waals surface area contributed by atoms with E-state index in [0.29, 0.717) is 39.3 Å². The fourth-order valence-corrected chi connectivity index (χ4v) is 5.19. The molecule has 2 saturated heterocycles. The van der Waals surface area contributed by atoms with Gasteiger partial charge >= 0.3 is 0 Å². The van der Waals surface area contributed by atoms with Crippen molar-refractivity contribution in [2.24, 2.45) is 0 Å². The standard InChI is InChI=1S/C16H24N2O4S/c1-21-16-7-3-2-5-14(16)13-15-6-4-8-18(15)23(19,20)17-9-11-22-12-10-17/h2-3,5,7,15H,4,6,8-13H2,1H3/t15-/m0/s1. The monoisotopic (exact) mass is 340 g/mol. The average Bonchev–Trinajstić information content (AvgIpc) is 3.05. The predicted molar refractivity (Wildman–Crippen MR) is 87.7 cm³/mol. The van der Waals surface area contributed by atoms with Gasteiger partial charge in [0.1, 0.15) is 5.75 Å². The Balaban J connectivity index is 1.77. The number of benzene rings is 1. The Morgan fingerprint density at radius 1 is 1.22 bits per heavy atom. The lowest BCUT2D eigenvalue weighted by Crippen LogP contribution is -2.50. The maximum atomic E-state index is 12.9. The summed E-state index contributed by atoms with van der Waals surface area (Å²) in [6, 6.07) is 7.83. The van der Waals surface area contributed by atoms with Crippen molar-refractivity contribution in [2.75, 3.05) is 40.0 Å². The van der Waals surface area contributed by atoms with E-state index in [4.69, 9.17) is 9.47 Å². The Labute approximate surface area is 138 Å². The molecule has 0 unspecified atom stereocenters. The topological polar surface area (TPSA) is 59.1 Å². The molecule has 1 atom stereocenters. The third-order valence-corrected chi connectivity index (χ3v) is 6.66. The van der Waals surface area contributed by atoms with Gasteiger partial charge in [0.15, 0.2) is 0 Å². The first kappa shape index (κ1) is 16.7. The van der Waals surface area contributed by atoms with Crippen molar-refractivity contribution in [1.29, 1.82) is 0 Å². The van der Waals surface area contributed by atoms with Crippen LogP contribution in [0, 0.1) is 0 Å². The number of para-hydroxylation sites is 1. The van der Waals surface area contributed by atoms with Crippen LogP contribution in [0.15, 0.2) is 24.3 Å². The van der Waals surface area contributed by atoms with Gasteiger partial charge in [0.05, 0.1) is 20.3 Å². The molecule has 1 aromatic rings. The Hall–Kier alpha value is -1.15. The van der Waals surface area contributed by atoms with Gasteiger partial charge in [-0.3, -0.25) is 0 Å². The minimum absolute atomic E-state index is 0.000792. The van der Waals surface area contributed by atoms with Crippen LogP contribution in [0.4, 0.5) is 0 Å². The van der Waals surface area contributed by atoms with Crippen LogP contribution in [-0.2, 0) is 21.4 Å². The number of methoxy groups -OCH3 is 1. The smallest absolute Gasteiger partial charge is 0.282 e. The Morgan fingerprint density at radius 3 is 2.70 bits per heavy atom. The summed E-state index contributed by atoms with van der Waals surface area (Å²) in [5.41, 5.74) is 1.06. The van der Waals surface area contributed by atoms with Gasteiger partial charge in [-0.2, -0.15) is 17.0 Å². The normalized spacial score (nSPS) is 24.0. The molecule has 3 rings (SSSR count). The highest BCUT2D eigenvalue weighted by molar-refractivity contribution is 7.86. The number of hydrogen-bond donors (Lipinski definition) is 0. The number of hydrogen-bond acceptors (Lipinski definition) is 4. The molecule has 0 radical (unpaired) electrons. The van der Waals surface area contributed by atoms with Crippen molar-refractivity contribution in [2.45, 2.75) is 25.3 Å². The van der Waals surface area contributed by atoms with E-state index in [2.05, 4.69) is 0 Å². The van der Waals surface area contributed by atoms with Crippen LogP contribution < -0.4 is 4.74 Å². The molecule has 0 aliphatic carbocycles. The van der Waals surface area contributed by atoms with E-state index in [1.54, 1.807) is 15.7 Å². The molecule has 6 nitrogen and oxygen atoms in total. The number of nitrogens with zero attached hydrogens (tertiary/aromatic N) is 2. The first-order chi connectivity index (χ1) is 11.1. The summed E-state index contributed by atoms with van der Waals surface area (Å²) in [7, 11) is -1.76. The lowest BCUT2D eigenvalue weighted by molar-refractivity contribution is 0.0699. The second-order valence-corrected chi connectivity index (χ2v) is 7.82. The molecule has 7 heteroatoms. The lowest BCUT2D eigenvalue weighted by atomic mass is 10.0. The van der Waals surface area contributed by atoms with Gasteiger partial charge in [-0.05, 0) is 30.9 Å². The van der Waals surface area contributed by atoms with Crippen LogP contribution in [0.2, 0.25) is 0 Å². The quantitative estimate of drug-likeness (QED) is 0.810. The van der Waals surface area contributed by atoms with E-state index in [0.717, 1.165) is 24.2 Å². The van der Waals surface area contributed by atoms with Gasteiger partial charge < -0.3 is 9.47 Å². The SMILES string of the molecule is COc1ccccc1C[C@@H]1CCCN1S(=O)(=O)N1CCOCC1. The van der Waals surface area contributed by atoms with E-state index in [1.807, 2.05) is 24.3 Å². The number of morpholine rings is 1. The van der Waals surface area contributed by atoms with Crippen molar-refractivity contribution >= 4 is 10.2 Å². The van der Waals surface area contributed by atoms with E-state index in [1.165, 1.54) is 0 Å². The van der Waals surface area contributed by atoms with Crippen LogP contribution in [0.1, 0.15) is 18.4 Å². The van der Waals surface area contributed by atoms with Crippen molar-refractivity contribution in [3.05, 3.63) is 29.8 Å². The summed E-state index contributed by atoms with van der Waals surface area (Å²) in [5.74, 6) is 0.822. The van der Waals surface area contributed by atoms with Crippen molar-refractivity contribution < 1.29 is 17.9 Å². The highest BCUT2D eigenvalue weighted by atomic mass is 32.2. The highest BCUT2D eigenvalue weighted by Crippen LogP contribution is 2.29. The molecule has 23 heavy (non-hydrogen) atoms. The van der Waals surface area contributed by atoms with Gasteiger partial charge in [0, 0.05) is 25.7 Å². The Morgan fingerprint density at radius 2 is 1.96 bits per heavy atom. The van der Waals surface area contributed by atoms with Gasteiger partial charge in [-0.1, -0.05) is 18.2 Å². The van der Waals surface area contributed by atoms with Gasteiger partial charge in [0.2, 0.25) is 0 Å². The van der Waals surface area contributed by atoms with E-state index in [-0.39, 0.29) is 6.04 Å². The molecule has 1 aromatic carbocycles. The molecule has 0 spiro atoms. The zero-order chi connectivity index (χ0) is 16.3. The third kappa shape index (κ3) is 3.52. The zero-order valence-corrected chi connectivity index (χ0v) is 14.3. The van der Waals surface area contributed by atoms with Gasteiger partial charge in [-0.25, -0.2) is 0 Å².